The van der Waals surface area contributed by atoms with E-state index in [1.807, 2.05) is 0 Å². The van der Waals surface area contributed by atoms with Gasteiger partial charge in [-0.25, -0.2) is 16.8 Å². The zero-order valence-corrected chi connectivity index (χ0v) is 22.6. The van der Waals surface area contributed by atoms with Crippen LogP contribution in [-0.4, -0.2) is 29.3 Å². The minimum atomic E-state index is -4.03. The predicted molar refractivity (Wildman–Crippen MR) is 149 cm³/mol. The fraction of sp³-hybridized carbons (Fsp3) is 0.0741. The zero-order valence-electron chi connectivity index (χ0n) is 20.2. The van der Waals surface area contributed by atoms with Gasteiger partial charge in [0.25, 0.3) is 20.0 Å². The monoisotopic (exact) mass is 569 g/mol. The lowest BCUT2D eigenvalue weighted by molar-refractivity contribution is -0.114. The van der Waals surface area contributed by atoms with Crippen LogP contribution in [-0.2, 0) is 24.8 Å². The van der Waals surface area contributed by atoms with E-state index in [2.05, 4.69) is 10.0 Å². The molecule has 2 N–H and O–H groups in total. The van der Waals surface area contributed by atoms with Gasteiger partial charge in [0.15, 0.2) is 0 Å². The second-order valence-corrected chi connectivity index (χ2v) is 12.2. The summed E-state index contributed by atoms with van der Waals surface area (Å²) in [5.41, 5.74) is 1.58. The van der Waals surface area contributed by atoms with Crippen molar-refractivity contribution in [2.75, 3.05) is 20.9 Å². The molecule has 0 aliphatic heterocycles. The van der Waals surface area contributed by atoms with Crippen molar-refractivity contribution in [3.05, 3.63) is 114 Å². The molecule has 0 aliphatic rings. The van der Waals surface area contributed by atoms with Gasteiger partial charge in [0.05, 0.1) is 21.2 Å². The summed E-state index contributed by atoms with van der Waals surface area (Å²) in [6, 6.07) is 26.6. The Balaban J connectivity index is 1.51. The van der Waals surface area contributed by atoms with Gasteiger partial charge in [0.2, 0.25) is 5.91 Å². The molecule has 0 fully saturated rings. The highest BCUT2D eigenvalue weighted by atomic mass is 35.5. The van der Waals surface area contributed by atoms with Crippen LogP contribution >= 0.6 is 11.6 Å². The Morgan fingerprint density at radius 2 is 1.37 bits per heavy atom. The van der Waals surface area contributed by atoms with Crippen LogP contribution in [0.2, 0.25) is 5.02 Å². The molecule has 38 heavy (non-hydrogen) atoms. The lowest BCUT2D eigenvalue weighted by Gasteiger charge is -2.24. The number of carbonyl (C=O) groups is 1. The SMILES string of the molecule is Cc1c(Cl)cccc1NS(=O)(=O)c1ccc(NC(=O)CN(c2ccccc2)S(=O)(=O)c2ccccc2)cc1. The lowest BCUT2D eigenvalue weighted by atomic mass is 10.2. The molecule has 11 heteroatoms. The summed E-state index contributed by atoms with van der Waals surface area (Å²) in [4.78, 5) is 12.9. The summed E-state index contributed by atoms with van der Waals surface area (Å²) in [6.45, 7) is 1.21. The van der Waals surface area contributed by atoms with Crippen molar-refractivity contribution in [1.82, 2.24) is 0 Å². The van der Waals surface area contributed by atoms with Gasteiger partial charge >= 0.3 is 0 Å². The average molecular weight is 570 g/mol. The van der Waals surface area contributed by atoms with E-state index in [9.17, 15) is 21.6 Å². The van der Waals surface area contributed by atoms with E-state index in [-0.39, 0.29) is 9.79 Å². The standard InChI is InChI=1S/C27H24ClN3O5S2/c1-20-25(28)13-8-14-26(20)30-37(33,34)23-17-15-21(16-18-23)29-27(32)19-31(22-9-4-2-5-10-22)38(35,36)24-11-6-3-7-12-24/h2-18,30H,19H2,1H3,(H,29,32). The van der Waals surface area contributed by atoms with E-state index < -0.39 is 32.5 Å². The van der Waals surface area contributed by atoms with Crippen LogP contribution in [0, 0.1) is 6.92 Å². The van der Waals surface area contributed by atoms with Crippen LogP contribution in [0.1, 0.15) is 5.56 Å². The van der Waals surface area contributed by atoms with E-state index in [1.54, 1.807) is 73.7 Å². The molecule has 0 aliphatic carbocycles. The van der Waals surface area contributed by atoms with Crippen molar-refractivity contribution >= 4 is 54.6 Å². The Labute approximate surface area is 227 Å². The fourth-order valence-corrected chi connectivity index (χ4v) is 6.34. The molecule has 0 unspecified atom stereocenters. The number of rotatable bonds is 9. The molecule has 1 amide bonds. The van der Waals surface area contributed by atoms with Gasteiger partial charge < -0.3 is 5.32 Å². The topological polar surface area (TPSA) is 113 Å². The second kappa shape index (κ2) is 11.3. The van der Waals surface area contributed by atoms with Crippen LogP contribution in [0.15, 0.2) is 113 Å². The van der Waals surface area contributed by atoms with Crippen molar-refractivity contribution in [2.24, 2.45) is 0 Å². The van der Waals surface area contributed by atoms with Crippen LogP contribution in [0.25, 0.3) is 0 Å². The summed E-state index contributed by atoms with van der Waals surface area (Å²) in [7, 11) is -7.94. The molecule has 4 aromatic rings. The predicted octanol–water partition coefficient (Wildman–Crippen LogP) is 5.28. The summed E-state index contributed by atoms with van der Waals surface area (Å²) < 4.78 is 55.9. The molecule has 4 aromatic carbocycles. The second-order valence-electron chi connectivity index (χ2n) is 8.25. The highest BCUT2D eigenvalue weighted by Crippen LogP contribution is 2.26. The molecular formula is C27H24ClN3O5S2. The Bertz CT molecular complexity index is 1650. The average Bonchev–Trinajstić information content (AvgIpc) is 2.91. The third kappa shape index (κ3) is 6.16. The van der Waals surface area contributed by atoms with Gasteiger partial charge in [-0.15, -0.1) is 0 Å². The molecule has 0 saturated heterocycles. The molecule has 4 rings (SSSR count). The number of amides is 1. The quantitative estimate of drug-likeness (QED) is 0.285. The van der Waals surface area contributed by atoms with E-state index in [4.69, 9.17) is 11.6 Å². The Morgan fingerprint density at radius 3 is 2.00 bits per heavy atom. The first-order valence-electron chi connectivity index (χ1n) is 11.4. The third-order valence-electron chi connectivity index (χ3n) is 5.62. The van der Waals surface area contributed by atoms with Gasteiger partial charge in [-0.3, -0.25) is 13.8 Å². The van der Waals surface area contributed by atoms with Gasteiger partial charge in [-0.1, -0.05) is 54.1 Å². The first-order valence-corrected chi connectivity index (χ1v) is 14.7. The van der Waals surface area contributed by atoms with Gasteiger partial charge in [-0.05, 0) is 73.2 Å². The maximum Gasteiger partial charge on any atom is 0.264 e. The van der Waals surface area contributed by atoms with E-state index >= 15 is 0 Å². The molecule has 0 spiro atoms. The number of para-hydroxylation sites is 1. The van der Waals surface area contributed by atoms with Crippen molar-refractivity contribution in [3.63, 3.8) is 0 Å². The minimum absolute atomic E-state index is 0.0209. The smallest absolute Gasteiger partial charge is 0.264 e. The zero-order chi connectivity index (χ0) is 27.3. The summed E-state index contributed by atoms with van der Waals surface area (Å²) in [5.74, 6) is -0.600. The molecule has 8 nitrogen and oxygen atoms in total. The number of benzene rings is 4. The number of nitrogens with one attached hydrogen (secondary N) is 2. The summed E-state index contributed by atoms with van der Waals surface area (Å²) in [6.07, 6.45) is 0. The molecule has 0 atom stereocenters. The summed E-state index contributed by atoms with van der Waals surface area (Å²) >= 11 is 6.08. The highest BCUT2D eigenvalue weighted by Gasteiger charge is 2.27. The van der Waals surface area contributed by atoms with Gasteiger partial charge in [0.1, 0.15) is 6.54 Å². The van der Waals surface area contributed by atoms with Crippen molar-refractivity contribution in [1.29, 1.82) is 0 Å². The third-order valence-corrected chi connectivity index (χ3v) is 9.20. The number of nitrogens with zero attached hydrogens (tertiary/aromatic N) is 1. The molecular weight excluding hydrogens is 546 g/mol. The van der Waals surface area contributed by atoms with E-state index in [0.29, 0.717) is 27.6 Å². The number of anilines is 3. The first-order chi connectivity index (χ1) is 18.1. The minimum Gasteiger partial charge on any atom is -0.325 e. The molecule has 0 radical (unpaired) electrons. The van der Waals surface area contributed by atoms with E-state index in [0.717, 1.165) is 4.31 Å². The van der Waals surface area contributed by atoms with Gasteiger partial charge in [-0.2, -0.15) is 0 Å². The van der Waals surface area contributed by atoms with Crippen molar-refractivity contribution in [3.8, 4) is 0 Å². The Morgan fingerprint density at radius 1 is 0.763 bits per heavy atom. The number of hydrogen-bond donors (Lipinski definition) is 2. The Hall–Kier alpha value is -3.86. The lowest BCUT2D eigenvalue weighted by Crippen LogP contribution is -2.38. The number of hydrogen-bond acceptors (Lipinski definition) is 5. The highest BCUT2D eigenvalue weighted by molar-refractivity contribution is 7.93. The maximum absolute atomic E-state index is 13.3. The largest absolute Gasteiger partial charge is 0.325 e. The Kier molecular flexibility index (Phi) is 8.05. The summed E-state index contributed by atoms with van der Waals surface area (Å²) in [5, 5.41) is 3.07. The number of sulfonamides is 2. The van der Waals surface area contributed by atoms with Crippen LogP contribution < -0.4 is 14.3 Å². The molecule has 0 heterocycles. The van der Waals surface area contributed by atoms with Crippen LogP contribution in [0.5, 0.6) is 0 Å². The maximum atomic E-state index is 13.3. The fourth-order valence-electron chi connectivity index (χ4n) is 3.60. The van der Waals surface area contributed by atoms with Crippen LogP contribution in [0.4, 0.5) is 17.1 Å². The first kappa shape index (κ1) is 27.2. The van der Waals surface area contributed by atoms with E-state index in [1.165, 1.54) is 36.4 Å². The van der Waals surface area contributed by atoms with Crippen molar-refractivity contribution in [2.45, 2.75) is 16.7 Å². The number of halogens is 1. The molecule has 0 saturated carbocycles. The van der Waals surface area contributed by atoms with Crippen molar-refractivity contribution < 1.29 is 21.6 Å². The molecule has 0 bridgehead atoms. The van der Waals surface area contributed by atoms with Gasteiger partial charge in [0, 0.05) is 10.7 Å². The molecule has 196 valence electrons. The van der Waals surface area contributed by atoms with Crippen LogP contribution in [0.3, 0.4) is 0 Å². The number of carbonyl (C=O) groups excluding carboxylic acids is 1. The molecule has 0 aromatic heterocycles. The normalized spacial score (nSPS) is 11.5.